The number of aromatic nitrogens is 3. The Balaban J connectivity index is 1.63. The van der Waals surface area contributed by atoms with Crippen molar-refractivity contribution in [2.75, 3.05) is 0 Å². The first-order chi connectivity index (χ1) is 11.3. The number of amides is 1. The van der Waals surface area contributed by atoms with Crippen LogP contribution in [-0.4, -0.2) is 26.5 Å². The van der Waals surface area contributed by atoms with Crippen LogP contribution < -0.4 is 5.32 Å². The predicted molar refractivity (Wildman–Crippen MR) is 88.6 cm³/mol. The van der Waals surface area contributed by atoms with Crippen LogP contribution in [0.3, 0.4) is 0 Å². The highest BCUT2D eigenvalue weighted by molar-refractivity contribution is 5.99. The zero-order valence-electron chi connectivity index (χ0n) is 13.6. The third kappa shape index (κ3) is 2.84. The fourth-order valence-corrected chi connectivity index (χ4v) is 3.94. The molecule has 122 valence electrons. The summed E-state index contributed by atoms with van der Waals surface area (Å²) >= 11 is 0. The molecule has 0 unspecified atom stereocenters. The Morgan fingerprint density at radius 1 is 1.04 bits per heavy atom. The minimum atomic E-state index is -0.0204. The number of hydrogen-bond acceptors (Lipinski definition) is 3. The lowest BCUT2D eigenvalue weighted by atomic mass is 9.95. The van der Waals surface area contributed by atoms with Crippen molar-refractivity contribution in [2.45, 2.75) is 70.3 Å². The minimum Gasteiger partial charge on any atom is -0.349 e. The van der Waals surface area contributed by atoms with E-state index in [1.807, 2.05) is 10.7 Å². The molecule has 1 amide bonds. The average molecular weight is 312 g/mol. The molecule has 0 bridgehead atoms. The number of carbonyl (C=O) groups is 1. The molecule has 23 heavy (non-hydrogen) atoms. The van der Waals surface area contributed by atoms with E-state index in [-0.39, 0.29) is 5.91 Å². The third-order valence-corrected chi connectivity index (χ3v) is 5.26. The zero-order valence-corrected chi connectivity index (χ0v) is 13.6. The van der Waals surface area contributed by atoms with Gasteiger partial charge in [-0.1, -0.05) is 25.7 Å². The molecule has 2 heterocycles. The number of rotatable bonds is 2. The van der Waals surface area contributed by atoms with Gasteiger partial charge >= 0.3 is 0 Å². The second-order valence-electron chi connectivity index (χ2n) is 6.89. The van der Waals surface area contributed by atoms with Gasteiger partial charge in [-0.15, -0.1) is 0 Å². The SMILES string of the molecule is O=C(NC1CCCCC1)c1cnn2c3c(cnc12)CCCCC3. The van der Waals surface area contributed by atoms with Gasteiger partial charge in [0, 0.05) is 17.9 Å². The maximum absolute atomic E-state index is 12.6. The molecule has 0 aliphatic heterocycles. The normalized spacial score (nSPS) is 19.3. The van der Waals surface area contributed by atoms with E-state index >= 15 is 0 Å². The van der Waals surface area contributed by atoms with Crippen LogP contribution in [0.2, 0.25) is 0 Å². The lowest BCUT2D eigenvalue weighted by Crippen LogP contribution is -2.36. The standard InChI is InChI=1S/C18H24N4O/c23-18(21-14-8-4-2-5-9-14)15-12-20-22-16-10-6-1-3-7-13(16)11-19-17(15)22/h11-12,14H,1-10H2,(H,21,23). The van der Waals surface area contributed by atoms with Crippen molar-refractivity contribution in [1.29, 1.82) is 0 Å². The van der Waals surface area contributed by atoms with Gasteiger partial charge in [-0.3, -0.25) is 4.79 Å². The van der Waals surface area contributed by atoms with Crippen molar-refractivity contribution in [2.24, 2.45) is 0 Å². The fraction of sp³-hybridized carbons (Fsp3) is 0.611. The molecule has 1 fully saturated rings. The fourth-order valence-electron chi connectivity index (χ4n) is 3.94. The van der Waals surface area contributed by atoms with E-state index < -0.39 is 0 Å². The number of nitrogens with one attached hydrogen (secondary N) is 1. The largest absolute Gasteiger partial charge is 0.349 e. The topological polar surface area (TPSA) is 59.3 Å². The summed E-state index contributed by atoms with van der Waals surface area (Å²) in [6.07, 6.45) is 15.3. The van der Waals surface area contributed by atoms with Gasteiger partial charge in [-0.05, 0) is 44.1 Å². The second kappa shape index (κ2) is 6.30. The summed E-state index contributed by atoms with van der Waals surface area (Å²) in [4.78, 5) is 17.2. The Kier molecular flexibility index (Phi) is 4.02. The van der Waals surface area contributed by atoms with Gasteiger partial charge in [-0.2, -0.15) is 5.10 Å². The van der Waals surface area contributed by atoms with Gasteiger partial charge in [0.15, 0.2) is 5.65 Å². The average Bonchev–Trinajstić information content (AvgIpc) is 2.86. The van der Waals surface area contributed by atoms with E-state index in [0.29, 0.717) is 17.3 Å². The van der Waals surface area contributed by atoms with E-state index in [4.69, 9.17) is 0 Å². The molecule has 1 saturated carbocycles. The molecule has 0 spiro atoms. The minimum absolute atomic E-state index is 0.0204. The number of nitrogens with zero attached hydrogens (tertiary/aromatic N) is 3. The molecule has 0 atom stereocenters. The first kappa shape index (κ1) is 14.7. The van der Waals surface area contributed by atoms with Crippen LogP contribution in [0.15, 0.2) is 12.4 Å². The molecule has 2 aliphatic rings. The highest BCUT2D eigenvalue weighted by atomic mass is 16.1. The third-order valence-electron chi connectivity index (χ3n) is 5.26. The Hall–Kier alpha value is -1.91. The predicted octanol–water partition coefficient (Wildman–Crippen LogP) is 3.06. The van der Waals surface area contributed by atoms with Crippen LogP contribution in [0, 0.1) is 0 Å². The van der Waals surface area contributed by atoms with E-state index in [0.717, 1.165) is 25.7 Å². The molecule has 2 aliphatic carbocycles. The van der Waals surface area contributed by atoms with Crippen molar-refractivity contribution in [3.8, 4) is 0 Å². The van der Waals surface area contributed by atoms with Gasteiger partial charge < -0.3 is 5.32 Å². The summed E-state index contributed by atoms with van der Waals surface area (Å²) < 4.78 is 1.90. The molecule has 1 N–H and O–H groups in total. The molecule has 0 aromatic carbocycles. The molecule has 0 saturated heterocycles. The first-order valence-electron chi connectivity index (χ1n) is 8.98. The quantitative estimate of drug-likeness (QED) is 0.867. The van der Waals surface area contributed by atoms with Crippen molar-refractivity contribution in [3.63, 3.8) is 0 Å². The number of carbonyl (C=O) groups excluding carboxylic acids is 1. The highest BCUT2D eigenvalue weighted by Gasteiger charge is 2.22. The van der Waals surface area contributed by atoms with E-state index in [2.05, 4.69) is 15.4 Å². The molecule has 0 radical (unpaired) electrons. The van der Waals surface area contributed by atoms with Crippen LogP contribution in [0.5, 0.6) is 0 Å². The molecular formula is C18H24N4O. The lowest BCUT2D eigenvalue weighted by Gasteiger charge is -2.22. The maximum Gasteiger partial charge on any atom is 0.256 e. The van der Waals surface area contributed by atoms with Crippen molar-refractivity contribution < 1.29 is 4.79 Å². The van der Waals surface area contributed by atoms with Gasteiger partial charge in [0.2, 0.25) is 0 Å². The van der Waals surface area contributed by atoms with Crippen LogP contribution in [0.4, 0.5) is 0 Å². The first-order valence-corrected chi connectivity index (χ1v) is 8.98. The van der Waals surface area contributed by atoms with Gasteiger partial charge in [0.1, 0.15) is 5.56 Å². The van der Waals surface area contributed by atoms with Gasteiger partial charge in [-0.25, -0.2) is 9.50 Å². The van der Waals surface area contributed by atoms with E-state index in [1.165, 1.54) is 49.8 Å². The van der Waals surface area contributed by atoms with Crippen LogP contribution >= 0.6 is 0 Å². The Bertz CT molecular complexity index is 715. The van der Waals surface area contributed by atoms with E-state index in [9.17, 15) is 4.79 Å². The van der Waals surface area contributed by atoms with Crippen molar-refractivity contribution >= 4 is 11.6 Å². The van der Waals surface area contributed by atoms with Crippen LogP contribution in [0.25, 0.3) is 5.65 Å². The molecule has 5 nitrogen and oxygen atoms in total. The second-order valence-corrected chi connectivity index (χ2v) is 6.89. The number of hydrogen-bond donors (Lipinski definition) is 1. The Morgan fingerprint density at radius 3 is 2.70 bits per heavy atom. The lowest BCUT2D eigenvalue weighted by molar-refractivity contribution is 0.0929. The molecule has 2 aromatic heterocycles. The summed E-state index contributed by atoms with van der Waals surface area (Å²) in [5.41, 5.74) is 3.85. The number of fused-ring (bicyclic) bond motifs is 3. The molecule has 4 rings (SSSR count). The van der Waals surface area contributed by atoms with Gasteiger partial charge in [0.25, 0.3) is 5.91 Å². The number of aryl methyl sites for hydroxylation is 2. The monoisotopic (exact) mass is 312 g/mol. The summed E-state index contributed by atoms with van der Waals surface area (Å²) in [5.74, 6) is -0.0204. The molecule has 5 heteroatoms. The van der Waals surface area contributed by atoms with E-state index in [1.54, 1.807) is 6.20 Å². The van der Waals surface area contributed by atoms with Crippen LogP contribution in [0.1, 0.15) is 73.0 Å². The highest BCUT2D eigenvalue weighted by Crippen LogP contribution is 2.22. The van der Waals surface area contributed by atoms with Crippen molar-refractivity contribution in [1.82, 2.24) is 19.9 Å². The van der Waals surface area contributed by atoms with Gasteiger partial charge in [0.05, 0.1) is 6.20 Å². The summed E-state index contributed by atoms with van der Waals surface area (Å²) in [6, 6.07) is 0.312. The summed E-state index contributed by atoms with van der Waals surface area (Å²) in [6.45, 7) is 0. The Morgan fingerprint density at radius 2 is 1.83 bits per heavy atom. The smallest absolute Gasteiger partial charge is 0.256 e. The zero-order chi connectivity index (χ0) is 15.6. The summed E-state index contributed by atoms with van der Waals surface area (Å²) in [7, 11) is 0. The summed E-state index contributed by atoms with van der Waals surface area (Å²) in [5, 5.41) is 7.65. The maximum atomic E-state index is 12.6. The molecular weight excluding hydrogens is 288 g/mol. The van der Waals surface area contributed by atoms with Crippen LogP contribution in [-0.2, 0) is 12.8 Å². The molecule has 2 aromatic rings. The Labute approximate surface area is 136 Å². The van der Waals surface area contributed by atoms with Crippen molar-refractivity contribution in [3.05, 3.63) is 29.2 Å².